The third kappa shape index (κ3) is 4.77. The van der Waals surface area contributed by atoms with E-state index in [2.05, 4.69) is 4.72 Å². The van der Waals surface area contributed by atoms with Gasteiger partial charge in [0.2, 0.25) is 10.0 Å². The zero-order valence-corrected chi connectivity index (χ0v) is 13.3. The van der Waals surface area contributed by atoms with Gasteiger partial charge in [-0.3, -0.25) is 0 Å². The molecule has 1 aromatic carbocycles. The van der Waals surface area contributed by atoms with Gasteiger partial charge in [-0.25, -0.2) is 13.1 Å². The molecule has 0 fully saturated rings. The van der Waals surface area contributed by atoms with Crippen molar-refractivity contribution in [3.05, 3.63) is 23.8 Å². The first kappa shape index (κ1) is 16.9. The molecule has 0 radical (unpaired) electrons. The molecule has 2 N–H and O–H groups in total. The fraction of sp³-hybridized carbons (Fsp3) is 0.571. The molecule has 0 unspecified atom stereocenters. The molecule has 114 valence electrons. The normalized spacial score (nSPS) is 12.4. The fourth-order valence-corrected chi connectivity index (χ4v) is 3.18. The van der Waals surface area contributed by atoms with Crippen LogP contribution in [-0.4, -0.2) is 33.8 Å². The SMILES string of the molecule is COc1ccc(S(=O)(=O)NCC(C)(C)C)c(CCO)c1. The second-order valence-electron chi connectivity index (χ2n) is 5.83. The highest BCUT2D eigenvalue weighted by molar-refractivity contribution is 7.89. The minimum atomic E-state index is -3.59. The summed E-state index contributed by atoms with van der Waals surface area (Å²) in [4.78, 5) is 0.191. The van der Waals surface area contributed by atoms with Crippen molar-refractivity contribution in [1.29, 1.82) is 0 Å². The maximum absolute atomic E-state index is 12.3. The summed E-state index contributed by atoms with van der Waals surface area (Å²) in [5.41, 5.74) is 0.407. The molecule has 1 aromatic rings. The zero-order valence-electron chi connectivity index (χ0n) is 12.4. The number of benzene rings is 1. The van der Waals surface area contributed by atoms with E-state index in [0.717, 1.165) is 0 Å². The van der Waals surface area contributed by atoms with Crippen LogP contribution in [0.4, 0.5) is 0 Å². The molecule has 5 nitrogen and oxygen atoms in total. The molecular formula is C14H23NO4S. The first-order valence-corrected chi connectivity index (χ1v) is 7.95. The number of hydrogen-bond acceptors (Lipinski definition) is 4. The lowest BCUT2D eigenvalue weighted by Gasteiger charge is -2.19. The van der Waals surface area contributed by atoms with Gasteiger partial charge in [0.15, 0.2) is 0 Å². The summed E-state index contributed by atoms with van der Waals surface area (Å²) in [5.74, 6) is 0.572. The number of methoxy groups -OCH3 is 1. The average molecular weight is 301 g/mol. The molecule has 0 bridgehead atoms. The molecule has 0 aromatic heterocycles. The molecule has 0 spiro atoms. The predicted molar refractivity (Wildman–Crippen MR) is 78.4 cm³/mol. The minimum absolute atomic E-state index is 0.116. The van der Waals surface area contributed by atoms with Crippen LogP contribution in [0.3, 0.4) is 0 Å². The van der Waals surface area contributed by atoms with Gasteiger partial charge < -0.3 is 9.84 Å². The van der Waals surface area contributed by atoms with Crippen LogP contribution in [0.25, 0.3) is 0 Å². The topological polar surface area (TPSA) is 75.6 Å². The third-order valence-corrected chi connectivity index (χ3v) is 4.23. The zero-order chi connectivity index (χ0) is 15.4. The smallest absolute Gasteiger partial charge is 0.240 e. The summed E-state index contributed by atoms with van der Waals surface area (Å²) in [7, 11) is -2.07. The van der Waals surface area contributed by atoms with Gasteiger partial charge in [0.25, 0.3) is 0 Å². The van der Waals surface area contributed by atoms with Gasteiger partial charge in [0.05, 0.1) is 12.0 Å². The van der Waals surface area contributed by atoms with Crippen molar-refractivity contribution >= 4 is 10.0 Å². The summed E-state index contributed by atoms with van der Waals surface area (Å²) >= 11 is 0. The molecule has 6 heteroatoms. The first-order valence-electron chi connectivity index (χ1n) is 6.47. The van der Waals surface area contributed by atoms with E-state index in [1.807, 2.05) is 20.8 Å². The van der Waals surface area contributed by atoms with Crippen molar-refractivity contribution in [1.82, 2.24) is 4.72 Å². The Morgan fingerprint density at radius 2 is 1.95 bits per heavy atom. The van der Waals surface area contributed by atoms with Crippen LogP contribution in [0.15, 0.2) is 23.1 Å². The number of ether oxygens (including phenoxy) is 1. The Balaban J connectivity index is 3.10. The Labute approximate surface area is 121 Å². The van der Waals surface area contributed by atoms with Crippen molar-refractivity contribution in [3.8, 4) is 5.75 Å². The van der Waals surface area contributed by atoms with E-state index < -0.39 is 10.0 Å². The number of hydrogen-bond donors (Lipinski definition) is 2. The van der Waals surface area contributed by atoms with Crippen LogP contribution in [0, 0.1) is 5.41 Å². The summed E-state index contributed by atoms with van der Waals surface area (Å²) in [6, 6.07) is 4.75. The first-order chi connectivity index (χ1) is 9.19. The lowest BCUT2D eigenvalue weighted by molar-refractivity contribution is 0.298. The standard InChI is InChI=1S/C14H23NO4S/c1-14(2,3)10-15-20(17,18)13-6-5-12(19-4)9-11(13)7-8-16/h5-6,9,15-16H,7-8,10H2,1-4H3. The van der Waals surface area contributed by atoms with Crippen LogP contribution < -0.4 is 9.46 Å². The number of rotatable bonds is 6. The summed E-state index contributed by atoms with van der Waals surface area (Å²) in [6.45, 7) is 6.10. The lowest BCUT2D eigenvalue weighted by atomic mass is 9.98. The molecule has 0 aliphatic rings. The molecule has 0 aliphatic heterocycles. The van der Waals surface area contributed by atoms with Gasteiger partial charge >= 0.3 is 0 Å². The van der Waals surface area contributed by atoms with Crippen LogP contribution >= 0.6 is 0 Å². The Morgan fingerprint density at radius 1 is 1.30 bits per heavy atom. The highest BCUT2D eigenvalue weighted by Gasteiger charge is 2.21. The number of aliphatic hydroxyl groups is 1. The molecule has 0 amide bonds. The Morgan fingerprint density at radius 3 is 2.45 bits per heavy atom. The van der Waals surface area contributed by atoms with Crippen molar-refractivity contribution in [2.45, 2.75) is 32.1 Å². The number of nitrogens with one attached hydrogen (secondary N) is 1. The van der Waals surface area contributed by atoms with Crippen molar-refractivity contribution in [2.75, 3.05) is 20.3 Å². The van der Waals surface area contributed by atoms with Crippen molar-refractivity contribution < 1.29 is 18.3 Å². The summed E-state index contributed by atoms with van der Waals surface area (Å²) in [6.07, 6.45) is 0.267. The fourth-order valence-electron chi connectivity index (χ4n) is 1.65. The lowest BCUT2D eigenvalue weighted by Crippen LogP contribution is -2.32. The summed E-state index contributed by atoms with van der Waals surface area (Å²) < 4.78 is 32.4. The molecule has 0 saturated carbocycles. The van der Waals surface area contributed by atoms with Crippen molar-refractivity contribution in [2.24, 2.45) is 5.41 Å². The molecule has 0 atom stereocenters. The molecule has 1 rings (SSSR count). The van der Waals surface area contributed by atoms with Gasteiger partial charge in [-0.1, -0.05) is 20.8 Å². The van der Waals surface area contributed by atoms with Gasteiger partial charge in [0, 0.05) is 13.2 Å². The largest absolute Gasteiger partial charge is 0.497 e. The van der Waals surface area contributed by atoms with Gasteiger partial charge in [-0.2, -0.15) is 0 Å². The number of sulfonamides is 1. The molecule has 0 aliphatic carbocycles. The van der Waals surface area contributed by atoms with E-state index in [-0.39, 0.29) is 23.3 Å². The van der Waals surface area contributed by atoms with E-state index in [9.17, 15) is 8.42 Å². The Bertz CT molecular complexity index is 547. The van der Waals surface area contributed by atoms with Gasteiger partial charge in [0.1, 0.15) is 5.75 Å². The Kier molecular flexibility index (Phi) is 5.56. The van der Waals surface area contributed by atoms with Gasteiger partial charge in [-0.05, 0) is 35.6 Å². The second-order valence-corrected chi connectivity index (χ2v) is 7.57. The average Bonchev–Trinajstić information content (AvgIpc) is 2.36. The highest BCUT2D eigenvalue weighted by Crippen LogP contribution is 2.23. The maximum Gasteiger partial charge on any atom is 0.240 e. The van der Waals surface area contributed by atoms with E-state index >= 15 is 0 Å². The molecule has 20 heavy (non-hydrogen) atoms. The second kappa shape index (κ2) is 6.56. The van der Waals surface area contributed by atoms with E-state index in [1.165, 1.54) is 13.2 Å². The summed E-state index contributed by atoms with van der Waals surface area (Å²) in [5, 5.41) is 9.08. The monoisotopic (exact) mass is 301 g/mol. The van der Waals surface area contributed by atoms with Crippen molar-refractivity contribution in [3.63, 3.8) is 0 Å². The minimum Gasteiger partial charge on any atom is -0.497 e. The predicted octanol–water partition coefficient (Wildman–Crippen LogP) is 1.55. The highest BCUT2D eigenvalue weighted by atomic mass is 32.2. The van der Waals surface area contributed by atoms with Gasteiger partial charge in [-0.15, -0.1) is 0 Å². The number of aliphatic hydroxyl groups excluding tert-OH is 1. The van der Waals surface area contributed by atoms with Crippen LogP contribution in [0.2, 0.25) is 0 Å². The quantitative estimate of drug-likeness (QED) is 0.836. The third-order valence-electron chi connectivity index (χ3n) is 2.73. The Hall–Kier alpha value is -1.11. The maximum atomic E-state index is 12.3. The van der Waals surface area contributed by atoms with E-state index in [0.29, 0.717) is 17.9 Å². The van der Waals surface area contributed by atoms with Crippen LogP contribution in [-0.2, 0) is 16.4 Å². The molecule has 0 heterocycles. The molecule has 0 saturated heterocycles. The van der Waals surface area contributed by atoms with Crippen LogP contribution in [0.5, 0.6) is 5.75 Å². The van der Waals surface area contributed by atoms with E-state index in [4.69, 9.17) is 9.84 Å². The molecular weight excluding hydrogens is 278 g/mol. The van der Waals surface area contributed by atoms with Crippen LogP contribution in [0.1, 0.15) is 26.3 Å². The van der Waals surface area contributed by atoms with E-state index in [1.54, 1.807) is 12.1 Å².